The summed E-state index contributed by atoms with van der Waals surface area (Å²) >= 11 is 3.11. The summed E-state index contributed by atoms with van der Waals surface area (Å²) in [5.74, 6) is -0.839. The van der Waals surface area contributed by atoms with Gasteiger partial charge in [0.1, 0.15) is 5.82 Å². The molecule has 0 aromatic heterocycles. The van der Waals surface area contributed by atoms with Crippen LogP contribution in [0.4, 0.5) is 10.1 Å². The molecule has 4 nitrogen and oxygen atoms in total. The molecule has 0 saturated carbocycles. The van der Waals surface area contributed by atoms with Gasteiger partial charge in [0.15, 0.2) is 0 Å². The van der Waals surface area contributed by atoms with Gasteiger partial charge in [0.2, 0.25) is 0 Å². The fraction of sp³-hybridized carbons (Fsp3) is 0.417. The number of halogens is 2. The minimum absolute atomic E-state index is 0.0747. The number of esters is 1. The van der Waals surface area contributed by atoms with Crippen molar-refractivity contribution in [3.05, 3.63) is 28.0 Å². The molecule has 18 heavy (non-hydrogen) atoms. The Morgan fingerprint density at radius 3 is 3.06 bits per heavy atom. The largest absolute Gasteiger partial charge is 0.462 e. The van der Waals surface area contributed by atoms with Crippen LogP contribution in [0, 0.1) is 11.7 Å². The molecule has 1 fully saturated rings. The van der Waals surface area contributed by atoms with E-state index in [1.54, 1.807) is 0 Å². The number of benzene rings is 1. The molecule has 1 aromatic rings. The minimum Gasteiger partial charge on any atom is -0.462 e. The van der Waals surface area contributed by atoms with Crippen LogP contribution in [0.25, 0.3) is 0 Å². The lowest BCUT2D eigenvalue weighted by Crippen LogP contribution is -2.15. The van der Waals surface area contributed by atoms with Crippen LogP contribution >= 0.6 is 15.9 Å². The van der Waals surface area contributed by atoms with Crippen LogP contribution in [-0.2, 0) is 9.47 Å². The Morgan fingerprint density at radius 2 is 2.39 bits per heavy atom. The molecule has 1 aliphatic rings. The van der Waals surface area contributed by atoms with Gasteiger partial charge in [-0.25, -0.2) is 9.18 Å². The zero-order valence-corrected chi connectivity index (χ0v) is 11.2. The summed E-state index contributed by atoms with van der Waals surface area (Å²) in [6.45, 7) is 1.62. The molecule has 0 spiro atoms. The third kappa shape index (κ3) is 3.00. The van der Waals surface area contributed by atoms with Gasteiger partial charge < -0.3 is 15.2 Å². The third-order valence-corrected chi connectivity index (χ3v) is 3.44. The minimum atomic E-state index is -0.567. The van der Waals surface area contributed by atoms with Gasteiger partial charge in [0.05, 0.1) is 24.5 Å². The zero-order chi connectivity index (χ0) is 13.1. The highest BCUT2D eigenvalue weighted by Crippen LogP contribution is 2.24. The lowest BCUT2D eigenvalue weighted by atomic mass is 10.1. The third-order valence-electron chi connectivity index (χ3n) is 2.78. The monoisotopic (exact) mass is 317 g/mol. The molecule has 1 aromatic carbocycles. The van der Waals surface area contributed by atoms with Crippen molar-refractivity contribution >= 4 is 27.6 Å². The first kappa shape index (κ1) is 13.3. The molecule has 0 bridgehead atoms. The summed E-state index contributed by atoms with van der Waals surface area (Å²) < 4.78 is 23.8. The number of nitrogens with two attached hydrogens (primary N) is 1. The van der Waals surface area contributed by atoms with Crippen molar-refractivity contribution in [2.45, 2.75) is 6.42 Å². The quantitative estimate of drug-likeness (QED) is 0.686. The second-order valence-electron chi connectivity index (χ2n) is 4.18. The fourth-order valence-electron chi connectivity index (χ4n) is 1.71. The number of hydrogen-bond donors (Lipinski definition) is 1. The second-order valence-corrected chi connectivity index (χ2v) is 5.04. The second kappa shape index (κ2) is 5.67. The Labute approximate surface area is 112 Å². The van der Waals surface area contributed by atoms with Crippen LogP contribution in [0.5, 0.6) is 0 Å². The summed E-state index contributed by atoms with van der Waals surface area (Å²) in [6.07, 6.45) is 0.889. The van der Waals surface area contributed by atoms with Crippen molar-refractivity contribution in [3.8, 4) is 0 Å². The molecule has 0 radical (unpaired) electrons. The van der Waals surface area contributed by atoms with E-state index in [-0.39, 0.29) is 17.2 Å². The molecular weight excluding hydrogens is 305 g/mol. The van der Waals surface area contributed by atoms with Gasteiger partial charge >= 0.3 is 5.97 Å². The maximum absolute atomic E-state index is 13.1. The average molecular weight is 318 g/mol. The van der Waals surface area contributed by atoms with E-state index in [9.17, 15) is 9.18 Å². The summed E-state index contributed by atoms with van der Waals surface area (Å²) in [6, 6.07) is 2.43. The van der Waals surface area contributed by atoms with E-state index < -0.39 is 11.8 Å². The molecule has 1 atom stereocenters. The van der Waals surface area contributed by atoms with E-state index in [4.69, 9.17) is 15.2 Å². The van der Waals surface area contributed by atoms with Crippen molar-refractivity contribution in [2.75, 3.05) is 25.6 Å². The number of ether oxygens (including phenoxy) is 2. The lowest BCUT2D eigenvalue weighted by Gasteiger charge is -2.10. The number of hydrogen-bond acceptors (Lipinski definition) is 4. The van der Waals surface area contributed by atoms with E-state index in [1.165, 1.54) is 6.07 Å². The van der Waals surface area contributed by atoms with Crippen LogP contribution in [0.2, 0.25) is 0 Å². The molecule has 0 aliphatic carbocycles. The van der Waals surface area contributed by atoms with Crippen LogP contribution in [-0.4, -0.2) is 25.8 Å². The van der Waals surface area contributed by atoms with Crippen LogP contribution < -0.4 is 5.73 Å². The maximum atomic E-state index is 13.1. The molecule has 1 saturated heterocycles. The van der Waals surface area contributed by atoms with Gasteiger partial charge in [-0.3, -0.25) is 0 Å². The average Bonchev–Trinajstić information content (AvgIpc) is 2.84. The molecule has 1 heterocycles. The van der Waals surface area contributed by atoms with Gasteiger partial charge in [0, 0.05) is 17.0 Å². The van der Waals surface area contributed by atoms with Crippen molar-refractivity contribution in [1.82, 2.24) is 0 Å². The van der Waals surface area contributed by atoms with Crippen LogP contribution in [0.1, 0.15) is 16.8 Å². The first-order chi connectivity index (χ1) is 8.58. The van der Waals surface area contributed by atoms with Gasteiger partial charge in [-0.05, 0) is 34.5 Å². The fourth-order valence-corrected chi connectivity index (χ4v) is 2.19. The SMILES string of the molecule is Nc1cc(C(=O)OCC2CCOC2)c(Br)cc1F. The summed E-state index contributed by atoms with van der Waals surface area (Å²) in [5.41, 5.74) is 5.58. The molecular formula is C12H13BrFNO3. The molecule has 0 amide bonds. The Balaban J connectivity index is 2.01. The van der Waals surface area contributed by atoms with Gasteiger partial charge in [-0.2, -0.15) is 0 Å². The number of anilines is 1. The highest BCUT2D eigenvalue weighted by Gasteiger charge is 2.20. The Kier molecular flexibility index (Phi) is 4.19. The summed E-state index contributed by atoms with van der Waals surface area (Å²) in [4.78, 5) is 11.8. The first-order valence-electron chi connectivity index (χ1n) is 5.57. The summed E-state index contributed by atoms with van der Waals surface area (Å²) in [7, 11) is 0. The van der Waals surface area contributed by atoms with Crippen molar-refractivity contribution in [2.24, 2.45) is 5.92 Å². The van der Waals surface area contributed by atoms with Gasteiger partial charge in [0.25, 0.3) is 0 Å². The smallest absolute Gasteiger partial charge is 0.339 e. The Hall–Kier alpha value is -1.14. The molecule has 98 valence electrons. The molecule has 2 rings (SSSR count). The van der Waals surface area contributed by atoms with E-state index >= 15 is 0 Å². The van der Waals surface area contributed by atoms with Gasteiger partial charge in [-0.15, -0.1) is 0 Å². The van der Waals surface area contributed by atoms with Gasteiger partial charge in [-0.1, -0.05) is 0 Å². The molecule has 2 N–H and O–H groups in total. The van der Waals surface area contributed by atoms with E-state index in [0.717, 1.165) is 12.5 Å². The van der Waals surface area contributed by atoms with E-state index in [2.05, 4.69) is 15.9 Å². The van der Waals surface area contributed by atoms with Crippen molar-refractivity contribution in [1.29, 1.82) is 0 Å². The normalized spacial score (nSPS) is 18.9. The number of carbonyl (C=O) groups is 1. The number of rotatable bonds is 3. The molecule has 1 unspecified atom stereocenters. The highest BCUT2D eigenvalue weighted by molar-refractivity contribution is 9.10. The molecule has 6 heteroatoms. The molecule has 1 aliphatic heterocycles. The predicted octanol–water partition coefficient (Wildman–Crippen LogP) is 2.36. The van der Waals surface area contributed by atoms with Crippen molar-refractivity contribution in [3.63, 3.8) is 0 Å². The topological polar surface area (TPSA) is 61.6 Å². The first-order valence-corrected chi connectivity index (χ1v) is 6.36. The van der Waals surface area contributed by atoms with E-state index in [1.807, 2.05) is 0 Å². The number of nitrogen functional groups attached to an aromatic ring is 1. The standard InChI is InChI=1S/C12H13BrFNO3/c13-9-4-10(14)11(15)3-8(9)12(16)18-6-7-1-2-17-5-7/h3-4,7H,1-2,5-6,15H2. The lowest BCUT2D eigenvalue weighted by molar-refractivity contribution is 0.0427. The van der Waals surface area contributed by atoms with Crippen LogP contribution in [0.3, 0.4) is 0 Å². The zero-order valence-electron chi connectivity index (χ0n) is 9.62. The van der Waals surface area contributed by atoms with Crippen LogP contribution in [0.15, 0.2) is 16.6 Å². The maximum Gasteiger partial charge on any atom is 0.339 e. The Morgan fingerprint density at radius 1 is 1.61 bits per heavy atom. The van der Waals surface area contributed by atoms with Crippen molar-refractivity contribution < 1.29 is 18.7 Å². The number of carbonyl (C=O) groups excluding carboxylic acids is 1. The Bertz CT molecular complexity index is 461. The summed E-state index contributed by atoms with van der Waals surface area (Å²) in [5, 5.41) is 0. The van der Waals surface area contributed by atoms with E-state index in [0.29, 0.717) is 24.3 Å². The highest BCUT2D eigenvalue weighted by atomic mass is 79.9. The predicted molar refractivity (Wildman–Crippen MR) is 67.7 cm³/mol.